The topological polar surface area (TPSA) is 64.8 Å². The number of amides is 1. The second kappa shape index (κ2) is 5.71. The Hall–Kier alpha value is -1.11. The van der Waals surface area contributed by atoms with Crippen LogP contribution in [0.3, 0.4) is 0 Å². The second-order valence-corrected chi connectivity index (χ2v) is 6.06. The molecular formula is C14H17BrN2O3. The molecule has 2 N–H and O–H groups in total. The van der Waals surface area contributed by atoms with Crippen molar-refractivity contribution in [3.8, 4) is 5.75 Å². The highest BCUT2D eigenvalue weighted by atomic mass is 79.9. The largest absolute Gasteiger partial charge is 0.493 e. The van der Waals surface area contributed by atoms with Gasteiger partial charge < -0.3 is 15.2 Å². The highest BCUT2D eigenvalue weighted by molar-refractivity contribution is 9.10. The molecule has 1 aromatic carbocycles. The van der Waals surface area contributed by atoms with E-state index in [4.69, 9.17) is 15.2 Å². The van der Waals surface area contributed by atoms with E-state index in [1.54, 1.807) is 0 Å². The normalized spacial score (nSPS) is 22.4. The molecule has 6 heteroatoms. The zero-order valence-electron chi connectivity index (χ0n) is 11.1. The zero-order valence-corrected chi connectivity index (χ0v) is 12.7. The first-order valence-electron chi connectivity index (χ1n) is 6.71. The SMILES string of the molecule is NC(=O)[C@H]1CN(Cc2cc(Br)cc3c2OCC3)CCO1. The van der Waals surface area contributed by atoms with Crippen LogP contribution in [0.15, 0.2) is 16.6 Å². The van der Waals surface area contributed by atoms with Crippen molar-refractivity contribution in [2.24, 2.45) is 5.73 Å². The summed E-state index contributed by atoms with van der Waals surface area (Å²) in [5.41, 5.74) is 7.71. The number of halogens is 1. The molecule has 108 valence electrons. The molecule has 2 aliphatic rings. The van der Waals surface area contributed by atoms with E-state index >= 15 is 0 Å². The van der Waals surface area contributed by atoms with Crippen LogP contribution in [0.1, 0.15) is 11.1 Å². The van der Waals surface area contributed by atoms with Gasteiger partial charge in [0.05, 0.1) is 13.2 Å². The number of hydrogen-bond acceptors (Lipinski definition) is 4. The zero-order chi connectivity index (χ0) is 14.1. The molecule has 1 fully saturated rings. The maximum absolute atomic E-state index is 11.2. The number of carbonyl (C=O) groups is 1. The lowest BCUT2D eigenvalue weighted by molar-refractivity contribution is -0.135. The first-order chi connectivity index (χ1) is 9.63. The monoisotopic (exact) mass is 340 g/mol. The Bertz CT molecular complexity index is 535. The lowest BCUT2D eigenvalue weighted by Gasteiger charge is -2.31. The minimum atomic E-state index is -0.509. The van der Waals surface area contributed by atoms with Gasteiger partial charge in [-0.15, -0.1) is 0 Å². The van der Waals surface area contributed by atoms with Crippen molar-refractivity contribution in [2.45, 2.75) is 19.1 Å². The molecule has 2 heterocycles. The van der Waals surface area contributed by atoms with Gasteiger partial charge in [-0.05, 0) is 17.7 Å². The summed E-state index contributed by atoms with van der Waals surface area (Å²) >= 11 is 3.54. The smallest absolute Gasteiger partial charge is 0.247 e. The van der Waals surface area contributed by atoms with E-state index in [1.165, 1.54) is 5.56 Å². The Morgan fingerprint density at radius 3 is 3.10 bits per heavy atom. The van der Waals surface area contributed by atoms with Crippen LogP contribution in [0.5, 0.6) is 5.75 Å². The van der Waals surface area contributed by atoms with Crippen molar-refractivity contribution in [2.75, 3.05) is 26.3 Å². The van der Waals surface area contributed by atoms with E-state index in [9.17, 15) is 4.79 Å². The summed E-state index contributed by atoms with van der Waals surface area (Å²) in [5.74, 6) is 0.598. The quantitative estimate of drug-likeness (QED) is 0.893. The number of primary amides is 1. The Labute approximate surface area is 126 Å². The maximum atomic E-state index is 11.2. The standard InChI is InChI=1S/C14H17BrN2O3/c15-11-5-9-1-3-20-13(9)10(6-11)7-17-2-4-19-12(8-17)14(16)18/h5-6,12H,1-4,7-8H2,(H2,16,18)/t12-/m1/s1. The van der Waals surface area contributed by atoms with Crippen LogP contribution >= 0.6 is 15.9 Å². The highest BCUT2D eigenvalue weighted by Crippen LogP contribution is 2.33. The average molecular weight is 341 g/mol. The number of hydrogen-bond donors (Lipinski definition) is 1. The van der Waals surface area contributed by atoms with Crippen LogP contribution < -0.4 is 10.5 Å². The van der Waals surface area contributed by atoms with E-state index in [0.29, 0.717) is 13.2 Å². The number of nitrogens with two attached hydrogens (primary N) is 1. The minimum Gasteiger partial charge on any atom is -0.493 e. The number of morpholine rings is 1. The van der Waals surface area contributed by atoms with Crippen molar-refractivity contribution in [3.63, 3.8) is 0 Å². The van der Waals surface area contributed by atoms with Gasteiger partial charge in [-0.2, -0.15) is 0 Å². The molecule has 0 aromatic heterocycles. The van der Waals surface area contributed by atoms with Crippen LogP contribution in [0.25, 0.3) is 0 Å². The van der Waals surface area contributed by atoms with E-state index in [2.05, 4.69) is 33.0 Å². The third kappa shape index (κ3) is 2.82. The van der Waals surface area contributed by atoms with E-state index in [1.807, 2.05) is 0 Å². The fraction of sp³-hybridized carbons (Fsp3) is 0.500. The average Bonchev–Trinajstić information content (AvgIpc) is 2.87. The number of fused-ring (bicyclic) bond motifs is 1. The predicted molar refractivity (Wildman–Crippen MR) is 77.6 cm³/mol. The summed E-state index contributed by atoms with van der Waals surface area (Å²) in [5, 5.41) is 0. The number of rotatable bonds is 3. The predicted octanol–water partition coefficient (Wildman–Crippen LogP) is 1.07. The summed E-state index contributed by atoms with van der Waals surface area (Å²) in [7, 11) is 0. The van der Waals surface area contributed by atoms with Gasteiger partial charge in [0.15, 0.2) is 0 Å². The fourth-order valence-electron chi connectivity index (χ4n) is 2.72. The lowest BCUT2D eigenvalue weighted by atomic mass is 10.1. The van der Waals surface area contributed by atoms with Crippen LogP contribution in [0, 0.1) is 0 Å². The molecule has 20 heavy (non-hydrogen) atoms. The summed E-state index contributed by atoms with van der Waals surface area (Å²) < 4.78 is 12.2. The first-order valence-corrected chi connectivity index (χ1v) is 7.50. The second-order valence-electron chi connectivity index (χ2n) is 5.15. The van der Waals surface area contributed by atoms with Gasteiger partial charge in [-0.1, -0.05) is 15.9 Å². The minimum absolute atomic E-state index is 0.398. The van der Waals surface area contributed by atoms with Crippen LogP contribution in [0.4, 0.5) is 0 Å². The molecule has 1 amide bonds. The Morgan fingerprint density at radius 2 is 2.30 bits per heavy atom. The molecule has 0 saturated carbocycles. The highest BCUT2D eigenvalue weighted by Gasteiger charge is 2.26. The molecule has 0 unspecified atom stereocenters. The number of nitrogens with zero attached hydrogens (tertiary/aromatic N) is 1. The molecule has 1 aromatic rings. The van der Waals surface area contributed by atoms with Crippen LogP contribution in [0.2, 0.25) is 0 Å². The van der Waals surface area contributed by atoms with Gasteiger partial charge >= 0.3 is 0 Å². The molecule has 5 nitrogen and oxygen atoms in total. The fourth-order valence-corrected chi connectivity index (χ4v) is 3.28. The summed E-state index contributed by atoms with van der Waals surface area (Å²) in [6.45, 7) is 3.35. The molecule has 1 atom stereocenters. The number of benzene rings is 1. The number of carbonyl (C=O) groups excluding carboxylic acids is 1. The van der Waals surface area contributed by atoms with Crippen molar-refractivity contribution >= 4 is 21.8 Å². The van der Waals surface area contributed by atoms with Crippen LogP contribution in [-0.4, -0.2) is 43.2 Å². The van der Waals surface area contributed by atoms with Crippen molar-refractivity contribution in [1.82, 2.24) is 4.90 Å². The maximum Gasteiger partial charge on any atom is 0.247 e. The van der Waals surface area contributed by atoms with E-state index in [0.717, 1.165) is 41.9 Å². The molecule has 1 saturated heterocycles. The molecule has 0 radical (unpaired) electrons. The Balaban J connectivity index is 1.76. The molecule has 0 bridgehead atoms. The third-order valence-corrected chi connectivity index (χ3v) is 4.15. The van der Waals surface area contributed by atoms with Gasteiger partial charge in [0, 0.05) is 36.1 Å². The van der Waals surface area contributed by atoms with E-state index < -0.39 is 12.0 Å². The summed E-state index contributed by atoms with van der Waals surface area (Å²) in [6, 6.07) is 4.19. The molecule has 2 aliphatic heterocycles. The van der Waals surface area contributed by atoms with Gasteiger partial charge in [-0.3, -0.25) is 9.69 Å². The van der Waals surface area contributed by atoms with Crippen molar-refractivity contribution < 1.29 is 14.3 Å². The summed E-state index contributed by atoms with van der Waals surface area (Å²) in [4.78, 5) is 13.4. The van der Waals surface area contributed by atoms with Crippen LogP contribution in [-0.2, 0) is 22.5 Å². The first kappa shape index (κ1) is 13.9. The van der Waals surface area contributed by atoms with Gasteiger partial charge in [0.25, 0.3) is 0 Å². The molecular weight excluding hydrogens is 324 g/mol. The van der Waals surface area contributed by atoms with Gasteiger partial charge in [0.2, 0.25) is 5.91 Å². The number of ether oxygens (including phenoxy) is 2. The third-order valence-electron chi connectivity index (χ3n) is 3.69. The van der Waals surface area contributed by atoms with Gasteiger partial charge in [0.1, 0.15) is 11.9 Å². The molecule has 3 rings (SSSR count). The molecule has 0 aliphatic carbocycles. The lowest BCUT2D eigenvalue weighted by Crippen LogP contribution is -2.47. The van der Waals surface area contributed by atoms with Gasteiger partial charge in [-0.25, -0.2) is 0 Å². The van der Waals surface area contributed by atoms with E-state index in [-0.39, 0.29) is 0 Å². The molecule has 0 spiro atoms. The van der Waals surface area contributed by atoms with Crippen molar-refractivity contribution in [1.29, 1.82) is 0 Å². The summed E-state index contributed by atoms with van der Waals surface area (Å²) in [6.07, 6.45) is 0.444. The Kier molecular flexibility index (Phi) is 3.96. The Morgan fingerprint density at radius 1 is 1.45 bits per heavy atom. The van der Waals surface area contributed by atoms with Crippen molar-refractivity contribution in [3.05, 3.63) is 27.7 Å².